The molecule has 208 valence electrons. The summed E-state index contributed by atoms with van der Waals surface area (Å²) in [6, 6.07) is 26.7. The van der Waals surface area contributed by atoms with Crippen LogP contribution < -0.4 is 15.0 Å². The number of halogens is 1. The van der Waals surface area contributed by atoms with E-state index in [0.717, 1.165) is 57.0 Å². The number of hydrogen-bond acceptors (Lipinski definition) is 4. The minimum Gasteiger partial charge on any atom is -0.495 e. The quantitative estimate of drug-likeness (QED) is 0.293. The summed E-state index contributed by atoms with van der Waals surface area (Å²) in [7, 11) is 1.74. The van der Waals surface area contributed by atoms with Crippen molar-refractivity contribution in [3.05, 3.63) is 95.8 Å². The number of hydrogen-bond donors (Lipinski definition) is 1. The molecular formula is C34H44FN3O. The van der Waals surface area contributed by atoms with E-state index >= 15 is 4.39 Å². The lowest BCUT2D eigenvalue weighted by atomic mass is 9.75. The van der Waals surface area contributed by atoms with Gasteiger partial charge in [-0.2, -0.15) is 0 Å². The molecule has 1 aliphatic carbocycles. The van der Waals surface area contributed by atoms with Gasteiger partial charge in [0.05, 0.1) is 12.8 Å². The highest BCUT2D eigenvalue weighted by atomic mass is 19.1. The van der Waals surface area contributed by atoms with Crippen molar-refractivity contribution in [2.45, 2.75) is 57.0 Å². The molecular weight excluding hydrogens is 485 g/mol. The fourth-order valence-electron chi connectivity index (χ4n) is 6.69. The molecule has 2 atom stereocenters. The van der Waals surface area contributed by atoms with Gasteiger partial charge >= 0.3 is 0 Å². The van der Waals surface area contributed by atoms with Crippen LogP contribution in [0.5, 0.6) is 5.75 Å². The Morgan fingerprint density at radius 2 is 1.54 bits per heavy atom. The lowest BCUT2D eigenvalue weighted by Crippen LogP contribution is -2.48. The molecule has 3 aromatic carbocycles. The first-order chi connectivity index (χ1) is 19.2. The minimum atomic E-state index is -0.0641. The number of methoxy groups -OCH3 is 1. The average molecular weight is 530 g/mol. The van der Waals surface area contributed by atoms with Gasteiger partial charge in [0.15, 0.2) is 0 Å². The molecule has 4 nitrogen and oxygen atoms in total. The third kappa shape index (κ3) is 7.20. The lowest BCUT2D eigenvalue weighted by Gasteiger charge is -2.40. The number of anilines is 1. The van der Waals surface area contributed by atoms with Gasteiger partial charge < -0.3 is 15.0 Å². The van der Waals surface area contributed by atoms with Crippen LogP contribution in [-0.2, 0) is 6.54 Å². The summed E-state index contributed by atoms with van der Waals surface area (Å²) in [5, 5.41) is 3.95. The van der Waals surface area contributed by atoms with Gasteiger partial charge in [-0.25, -0.2) is 4.39 Å². The maximum atomic E-state index is 15.3. The summed E-state index contributed by atoms with van der Waals surface area (Å²) >= 11 is 0. The van der Waals surface area contributed by atoms with Crippen molar-refractivity contribution < 1.29 is 9.13 Å². The van der Waals surface area contributed by atoms with Gasteiger partial charge in [0.25, 0.3) is 0 Å². The average Bonchev–Trinajstić information content (AvgIpc) is 3.00. The summed E-state index contributed by atoms with van der Waals surface area (Å²) in [5.41, 5.74) is 3.34. The summed E-state index contributed by atoms with van der Waals surface area (Å²) < 4.78 is 21.0. The lowest BCUT2D eigenvalue weighted by molar-refractivity contribution is 0.201. The van der Waals surface area contributed by atoms with E-state index in [0.29, 0.717) is 5.92 Å². The maximum absolute atomic E-state index is 15.3. The van der Waals surface area contributed by atoms with Crippen LogP contribution >= 0.6 is 0 Å². The van der Waals surface area contributed by atoms with Crippen LogP contribution in [0.2, 0.25) is 0 Å². The van der Waals surface area contributed by atoms with Crippen molar-refractivity contribution in [1.29, 1.82) is 0 Å². The van der Waals surface area contributed by atoms with Crippen LogP contribution in [0.3, 0.4) is 0 Å². The first kappa shape index (κ1) is 27.7. The number of ether oxygens (including phenoxy) is 1. The molecule has 2 aliphatic rings. The van der Waals surface area contributed by atoms with E-state index in [4.69, 9.17) is 4.74 Å². The van der Waals surface area contributed by atoms with Crippen LogP contribution in [0.15, 0.2) is 78.9 Å². The van der Waals surface area contributed by atoms with Gasteiger partial charge in [0.2, 0.25) is 0 Å². The monoisotopic (exact) mass is 529 g/mol. The van der Waals surface area contributed by atoms with Gasteiger partial charge in [-0.3, -0.25) is 4.90 Å². The maximum Gasteiger partial charge on any atom is 0.142 e. The molecule has 5 rings (SSSR count). The molecule has 0 aromatic heterocycles. The van der Waals surface area contributed by atoms with E-state index in [1.807, 2.05) is 30.3 Å². The number of rotatable bonds is 11. The Hall–Kier alpha value is -2.89. The minimum absolute atomic E-state index is 0.0641. The SMILES string of the molecule is COc1ccccc1N1CCN(CC[C@@H](c2ccccc2F)[C@H](NCc2ccccc2)C2CCCCC2)CC1. The Bertz CT molecular complexity index is 1140. The predicted octanol–water partition coefficient (Wildman–Crippen LogP) is 6.87. The second-order valence-electron chi connectivity index (χ2n) is 11.2. The molecule has 1 heterocycles. The summed E-state index contributed by atoms with van der Waals surface area (Å²) in [4.78, 5) is 4.99. The highest BCUT2D eigenvalue weighted by Gasteiger charge is 2.33. The Kier molecular flexibility index (Phi) is 9.90. The van der Waals surface area contributed by atoms with Crippen LogP contribution in [0.25, 0.3) is 0 Å². The van der Waals surface area contributed by atoms with Crippen molar-refractivity contribution in [2.24, 2.45) is 5.92 Å². The second kappa shape index (κ2) is 14.0. The molecule has 0 radical (unpaired) electrons. The molecule has 1 aliphatic heterocycles. The normalized spacial score (nSPS) is 18.6. The van der Waals surface area contributed by atoms with Crippen LogP contribution in [0.4, 0.5) is 10.1 Å². The van der Waals surface area contributed by atoms with Crippen LogP contribution in [0, 0.1) is 11.7 Å². The highest BCUT2D eigenvalue weighted by molar-refractivity contribution is 5.58. The van der Waals surface area contributed by atoms with Crippen molar-refractivity contribution in [2.75, 3.05) is 44.7 Å². The predicted molar refractivity (Wildman–Crippen MR) is 159 cm³/mol. The van der Waals surface area contributed by atoms with Gasteiger partial charge in [0.1, 0.15) is 11.6 Å². The number of benzene rings is 3. The number of piperazine rings is 1. The van der Waals surface area contributed by atoms with Gasteiger partial charge in [0, 0.05) is 44.7 Å². The molecule has 0 bridgehead atoms. The molecule has 2 fully saturated rings. The molecule has 3 aromatic rings. The van der Waals surface area contributed by atoms with Crippen molar-refractivity contribution in [1.82, 2.24) is 10.2 Å². The number of para-hydroxylation sites is 2. The van der Waals surface area contributed by atoms with E-state index in [2.05, 4.69) is 57.6 Å². The number of nitrogens with zero attached hydrogens (tertiary/aromatic N) is 2. The standard InChI is InChI=1S/C34H44FN3O/c1-39-33-19-11-10-18-32(33)38-24-22-37(23-25-38)21-20-30(29-16-8-9-17-31(29)35)34(28-14-6-3-7-15-28)36-26-27-12-4-2-5-13-27/h2,4-5,8-13,16-19,28,30,34,36H,3,6-7,14-15,20-26H2,1H3/t30-,34+/m0/s1. The zero-order valence-electron chi connectivity index (χ0n) is 23.4. The summed E-state index contributed by atoms with van der Waals surface area (Å²) in [6.07, 6.45) is 7.30. The van der Waals surface area contributed by atoms with Gasteiger partial charge in [-0.1, -0.05) is 79.9 Å². The van der Waals surface area contributed by atoms with E-state index < -0.39 is 0 Å². The smallest absolute Gasteiger partial charge is 0.142 e. The fourth-order valence-corrected chi connectivity index (χ4v) is 6.69. The molecule has 1 N–H and O–H groups in total. The Labute approximate surface area is 234 Å². The van der Waals surface area contributed by atoms with E-state index in [9.17, 15) is 0 Å². The molecule has 0 amide bonds. The first-order valence-electron chi connectivity index (χ1n) is 14.8. The summed E-state index contributed by atoms with van der Waals surface area (Å²) in [5.74, 6) is 1.59. The molecule has 1 saturated carbocycles. The second-order valence-corrected chi connectivity index (χ2v) is 11.2. The molecule has 1 saturated heterocycles. The zero-order chi connectivity index (χ0) is 26.9. The molecule has 39 heavy (non-hydrogen) atoms. The molecule has 5 heteroatoms. The van der Waals surface area contributed by atoms with Crippen molar-refractivity contribution >= 4 is 5.69 Å². The third-order valence-corrected chi connectivity index (χ3v) is 8.84. The number of nitrogens with one attached hydrogen (secondary N) is 1. The van der Waals surface area contributed by atoms with E-state index in [-0.39, 0.29) is 17.8 Å². The van der Waals surface area contributed by atoms with Crippen LogP contribution in [-0.4, -0.2) is 50.8 Å². The molecule has 0 unspecified atom stereocenters. The van der Waals surface area contributed by atoms with Crippen molar-refractivity contribution in [3.63, 3.8) is 0 Å². The van der Waals surface area contributed by atoms with E-state index in [1.165, 1.54) is 43.4 Å². The third-order valence-electron chi connectivity index (χ3n) is 8.84. The first-order valence-corrected chi connectivity index (χ1v) is 14.8. The molecule has 0 spiro atoms. The Morgan fingerprint density at radius 3 is 2.28 bits per heavy atom. The summed E-state index contributed by atoms with van der Waals surface area (Å²) in [6.45, 7) is 5.77. The van der Waals surface area contributed by atoms with Gasteiger partial charge in [-0.15, -0.1) is 0 Å². The largest absolute Gasteiger partial charge is 0.495 e. The van der Waals surface area contributed by atoms with Crippen LogP contribution in [0.1, 0.15) is 55.6 Å². The fraction of sp³-hybridized carbons (Fsp3) is 0.471. The Balaban J connectivity index is 1.30. The Morgan fingerprint density at radius 1 is 0.846 bits per heavy atom. The van der Waals surface area contributed by atoms with E-state index in [1.54, 1.807) is 13.2 Å². The van der Waals surface area contributed by atoms with Crippen molar-refractivity contribution in [3.8, 4) is 5.75 Å². The highest BCUT2D eigenvalue weighted by Crippen LogP contribution is 2.37. The topological polar surface area (TPSA) is 27.7 Å². The zero-order valence-corrected chi connectivity index (χ0v) is 23.4. The van der Waals surface area contributed by atoms with Gasteiger partial charge in [-0.05, 0) is 61.1 Å².